The van der Waals surface area contributed by atoms with Gasteiger partial charge in [0.2, 0.25) is 0 Å². The fraction of sp³-hybridized carbons (Fsp3) is 0.600. The van der Waals surface area contributed by atoms with Crippen molar-refractivity contribution in [3.63, 3.8) is 0 Å². The van der Waals surface area contributed by atoms with Crippen molar-refractivity contribution < 1.29 is 14.7 Å². The van der Waals surface area contributed by atoms with E-state index in [4.69, 9.17) is 0 Å². The number of rotatable bonds is 4. The molecule has 0 aliphatic heterocycles. The first-order valence-corrected chi connectivity index (χ1v) is 7.08. The maximum Gasteiger partial charge on any atom is 0.268 e. The molecule has 20 heavy (non-hydrogen) atoms. The Kier molecular flexibility index (Phi) is 4.28. The topological polar surface area (TPSA) is 71.3 Å². The van der Waals surface area contributed by atoms with Gasteiger partial charge in [-0.1, -0.05) is 19.3 Å². The van der Waals surface area contributed by atoms with Gasteiger partial charge >= 0.3 is 0 Å². The second kappa shape index (κ2) is 5.79. The highest BCUT2D eigenvalue weighted by Crippen LogP contribution is 2.28. The number of amides is 1. The third-order valence-electron chi connectivity index (χ3n) is 4.14. The standard InChI is InChI=1S/C15H22N2O3/c1-11(19)12-8-13(17(2)9-12)14(20)16-15(10-18)6-4-3-5-7-15/h8-9,18H,3-7,10H2,1-2H3,(H,16,20). The van der Waals surface area contributed by atoms with Crippen LogP contribution in [0.25, 0.3) is 0 Å². The van der Waals surface area contributed by atoms with Crippen LogP contribution in [0.3, 0.4) is 0 Å². The molecular weight excluding hydrogens is 256 g/mol. The van der Waals surface area contributed by atoms with Crippen molar-refractivity contribution in [2.24, 2.45) is 7.05 Å². The normalized spacial score (nSPS) is 17.8. The Morgan fingerprint density at radius 2 is 2.00 bits per heavy atom. The molecule has 0 spiro atoms. The molecule has 0 bridgehead atoms. The molecule has 0 aromatic carbocycles. The van der Waals surface area contributed by atoms with Crippen molar-refractivity contribution >= 4 is 11.7 Å². The van der Waals surface area contributed by atoms with E-state index < -0.39 is 5.54 Å². The van der Waals surface area contributed by atoms with Crippen LogP contribution in [0.4, 0.5) is 0 Å². The molecule has 2 rings (SSSR count). The van der Waals surface area contributed by atoms with E-state index in [9.17, 15) is 14.7 Å². The molecule has 5 heteroatoms. The van der Waals surface area contributed by atoms with E-state index in [1.165, 1.54) is 6.92 Å². The lowest BCUT2D eigenvalue weighted by Gasteiger charge is -2.36. The van der Waals surface area contributed by atoms with Crippen LogP contribution in [0.2, 0.25) is 0 Å². The van der Waals surface area contributed by atoms with Crippen LogP contribution in [0.15, 0.2) is 12.3 Å². The maximum absolute atomic E-state index is 12.4. The van der Waals surface area contributed by atoms with Crippen LogP contribution in [0.5, 0.6) is 0 Å². The maximum atomic E-state index is 12.4. The zero-order valence-corrected chi connectivity index (χ0v) is 12.1. The van der Waals surface area contributed by atoms with Gasteiger partial charge in [0.25, 0.3) is 5.91 Å². The van der Waals surface area contributed by atoms with Crippen LogP contribution in [0.1, 0.15) is 59.9 Å². The second-order valence-corrected chi connectivity index (χ2v) is 5.73. The summed E-state index contributed by atoms with van der Waals surface area (Å²) < 4.78 is 1.65. The molecule has 110 valence electrons. The van der Waals surface area contributed by atoms with Crippen molar-refractivity contribution in [1.29, 1.82) is 0 Å². The molecular formula is C15H22N2O3. The SMILES string of the molecule is CC(=O)c1cc(C(=O)NC2(CO)CCCCC2)n(C)c1. The Morgan fingerprint density at radius 3 is 2.50 bits per heavy atom. The van der Waals surface area contributed by atoms with Gasteiger partial charge in [0.1, 0.15) is 5.69 Å². The highest BCUT2D eigenvalue weighted by molar-refractivity contribution is 5.99. The van der Waals surface area contributed by atoms with Gasteiger partial charge in [0, 0.05) is 18.8 Å². The Bertz CT molecular complexity index is 513. The van der Waals surface area contributed by atoms with E-state index in [-0.39, 0.29) is 18.3 Å². The zero-order chi connectivity index (χ0) is 14.8. The van der Waals surface area contributed by atoms with Crippen LogP contribution in [-0.4, -0.2) is 33.5 Å². The number of carbonyl (C=O) groups excluding carboxylic acids is 2. The average Bonchev–Trinajstić information content (AvgIpc) is 2.82. The summed E-state index contributed by atoms with van der Waals surface area (Å²) in [7, 11) is 1.74. The summed E-state index contributed by atoms with van der Waals surface area (Å²) in [5.41, 5.74) is 0.476. The molecule has 1 aliphatic rings. The molecule has 1 aromatic heterocycles. The van der Waals surface area contributed by atoms with E-state index >= 15 is 0 Å². The lowest BCUT2D eigenvalue weighted by atomic mass is 9.82. The molecule has 0 atom stereocenters. The lowest BCUT2D eigenvalue weighted by molar-refractivity contribution is 0.0751. The van der Waals surface area contributed by atoms with Crippen LogP contribution in [0, 0.1) is 0 Å². The fourth-order valence-corrected chi connectivity index (χ4v) is 2.84. The van der Waals surface area contributed by atoms with E-state index in [0.29, 0.717) is 11.3 Å². The summed E-state index contributed by atoms with van der Waals surface area (Å²) >= 11 is 0. The first-order valence-electron chi connectivity index (χ1n) is 7.08. The molecule has 1 heterocycles. The summed E-state index contributed by atoms with van der Waals surface area (Å²) in [6.07, 6.45) is 6.46. The molecule has 1 aromatic rings. The number of carbonyl (C=O) groups is 2. The third-order valence-corrected chi connectivity index (χ3v) is 4.14. The first-order chi connectivity index (χ1) is 9.47. The summed E-state index contributed by atoms with van der Waals surface area (Å²) in [5, 5.41) is 12.6. The van der Waals surface area contributed by atoms with Crippen molar-refractivity contribution in [2.75, 3.05) is 6.61 Å². The highest BCUT2D eigenvalue weighted by Gasteiger charge is 2.33. The van der Waals surface area contributed by atoms with E-state index in [2.05, 4.69) is 5.32 Å². The number of aromatic nitrogens is 1. The van der Waals surface area contributed by atoms with Gasteiger partial charge in [0.05, 0.1) is 12.1 Å². The number of nitrogens with one attached hydrogen (secondary N) is 1. The monoisotopic (exact) mass is 278 g/mol. The third kappa shape index (κ3) is 2.93. The molecule has 0 radical (unpaired) electrons. The van der Waals surface area contributed by atoms with Crippen molar-refractivity contribution in [3.8, 4) is 0 Å². The Labute approximate surface area is 119 Å². The zero-order valence-electron chi connectivity index (χ0n) is 12.1. The minimum atomic E-state index is -0.504. The van der Waals surface area contributed by atoms with Crippen molar-refractivity contribution in [1.82, 2.24) is 9.88 Å². The minimum Gasteiger partial charge on any atom is -0.394 e. The Hall–Kier alpha value is -1.62. The molecule has 1 aliphatic carbocycles. The molecule has 2 N–H and O–H groups in total. The molecule has 0 saturated heterocycles. The molecule has 1 fully saturated rings. The quantitative estimate of drug-likeness (QED) is 0.823. The number of hydrogen-bond acceptors (Lipinski definition) is 3. The molecule has 0 unspecified atom stereocenters. The smallest absolute Gasteiger partial charge is 0.268 e. The van der Waals surface area contributed by atoms with Crippen LogP contribution >= 0.6 is 0 Å². The second-order valence-electron chi connectivity index (χ2n) is 5.73. The number of ketones is 1. The largest absolute Gasteiger partial charge is 0.394 e. The predicted molar refractivity (Wildman–Crippen MR) is 75.8 cm³/mol. The predicted octanol–water partition coefficient (Wildman–Crippen LogP) is 1.65. The van der Waals surface area contributed by atoms with E-state index in [1.807, 2.05) is 0 Å². The van der Waals surface area contributed by atoms with Gasteiger partial charge in [-0.05, 0) is 25.8 Å². The Balaban J connectivity index is 2.16. The van der Waals surface area contributed by atoms with Gasteiger partial charge in [-0.15, -0.1) is 0 Å². The molecule has 5 nitrogen and oxygen atoms in total. The summed E-state index contributed by atoms with van der Waals surface area (Å²) in [5.74, 6) is -0.287. The Morgan fingerprint density at radius 1 is 1.35 bits per heavy atom. The number of Topliss-reactive ketones (excluding diaryl/α,β-unsaturated/α-hetero) is 1. The van der Waals surface area contributed by atoms with Gasteiger partial charge in [-0.25, -0.2) is 0 Å². The summed E-state index contributed by atoms with van der Waals surface area (Å²) in [6.45, 7) is 1.44. The first kappa shape index (κ1) is 14.8. The van der Waals surface area contributed by atoms with Crippen LogP contribution < -0.4 is 5.32 Å². The average molecular weight is 278 g/mol. The number of aliphatic hydroxyl groups excluding tert-OH is 1. The van der Waals surface area contributed by atoms with E-state index in [0.717, 1.165) is 32.1 Å². The highest BCUT2D eigenvalue weighted by atomic mass is 16.3. The number of hydrogen-bond donors (Lipinski definition) is 2. The van der Waals surface area contributed by atoms with Gasteiger partial charge < -0.3 is 15.0 Å². The minimum absolute atomic E-state index is 0.0390. The van der Waals surface area contributed by atoms with Crippen molar-refractivity contribution in [3.05, 3.63) is 23.5 Å². The molecule has 1 saturated carbocycles. The summed E-state index contributed by atoms with van der Waals surface area (Å²) in [6, 6.07) is 1.60. The number of aliphatic hydroxyl groups is 1. The van der Waals surface area contributed by atoms with Crippen LogP contribution in [-0.2, 0) is 7.05 Å². The number of nitrogens with zero attached hydrogens (tertiary/aromatic N) is 1. The van der Waals surface area contributed by atoms with Gasteiger partial charge in [-0.3, -0.25) is 9.59 Å². The van der Waals surface area contributed by atoms with Crippen molar-refractivity contribution in [2.45, 2.75) is 44.6 Å². The van der Waals surface area contributed by atoms with Gasteiger partial charge in [0.15, 0.2) is 5.78 Å². The number of aryl methyl sites for hydroxylation is 1. The fourth-order valence-electron chi connectivity index (χ4n) is 2.84. The van der Waals surface area contributed by atoms with E-state index in [1.54, 1.807) is 23.9 Å². The van der Waals surface area contributed by atoms with Gasteiger partial charge in [-0.2, -0.15) is 0 Å². The lowest BCUT2D eigenvalue weighted by Crippen LogP contribution is -2.52. The summed E-state index contributed by atoms with van der Waals surface area (Å²) in [4.78, 5) is 23.7. The molecule has 1 amide bonds.